The molecule has 0 aromatic rings. The molecular formula is C17H32O6. The van der Waals surface area contributed by atoms with E-state index in [9.17, 15) is 9.59 Å². The van der Waals surface area contributed by atoms with Gasteiger partial charge in [-0.1, -0.05) is 27.7 Å². The summed E-state index contributed by atoms with van der Waals surface area (Å²) in [6.45, 7) is 14.8. The van der Waals surface area contributed by atoms with Crippen molar-refractivity contribution in [1.82, 2.24) is 0 Å². The van der Waals surface area contributed by atoms with Crippen LogP contribution in [0.5, 0.6) is 0 Å². The first-order chi connectivity index (χ1) is 10.5. The second kappa shape index (κ2) is 10.3. The Hall–Kier alpha value is -1.46. The summed E-state index contributed by atoms with van der Waals surface area (Å²) in [5.74, 6) is 0.225. The zero-order valence-corrected chi connectivity index (χ0v) is 15.6. The molecule has 0 radical (unpaired) electrons. The van der Waals surface area contributed by atoms with Crippen LogP contribution in [0.1, 0.15) is 61.8 Å². The van der Waals surface area contributed by atoms with Gasteiger partial charge in [-0.3, -0.25) is 0 Å². The fourth-order valence-electron chi connectivity index (χ4n) is 2.03. The van der Waals surface area contributed by atoms with Crippen LogP contribution in [0.25, 0.3) is 0 Å². The van der Waals surface area contributed by atoms with Crippen LogP contribution in [0.15, 0.2) is 0 Å². The minimum Gasteiger partial charge on any atom is -0.432 e. The van der Waals surface area contributed by atoms with Crippen molar-refractivity contribution in [3.63, 3.8) is 0 Å². The van der Waals surface area contributed by atoms with Crippen molar-refractivity contribution < 1.29 is 28.5 Å². The van der Waals surface area contributed by atoms with Crippen LogP contribution in [0, 0.1) is 11.8 Å². The SMILES string of the molecule is CC(C)CC(OC(=O)OC(C)C)C(OC(=O)OC(C)C)C(C)C. The molecule has 0 spiro atoms. The lowest BCUT2D eigenvalue weighted by Gasteiger charge is -2.30. The van der Waals surface area contributed by atoms with Crippen LogP contribution in [-0.2, 0) is 18.9 Å². The summed E-state index contributed by atoms with van der Waals surface area (Å²) < 4.78 is 20.9. The summed E-state index contributed by atoms with van der Waals surface area (Å²) in [7, 11) is 0. The van der Waals surface area contributed by atoms with Gasteiger partial charge in [0.25, 0.3) is 0 Å². The highest BCUT2D eigenvalue weighted by molar-refractivity contribution is 5.61. The first-order valence-corrected chi connectivity index (χ1v) is 8.27. The number of carbonyl (C=O) groups excluding carboxylic acids is 2. The summed E-state index contributed by atoms with van der Waals surface area (Å²) in [5.41, 5.74) is 0. The van der Waals surface area contributed by atoms with Gasteiger partial charge in [0.05, 0.1) is 12.2 Å². The van der Waals surface area contributed by atoms with E-state index in [1.165, 1.54) is 0 Å². The molecule has 0 N–H and O–H groups in total. The summed E-state index contributed by atoms with van der Waals surface area (Å²) in [5, 5.41) is 0. The first kappa shape index (κ1) is 21.5. The summed E-state index contributed by atoms with van der Waals surface area (Å²) in [6, 6.07) is 0. The topological polar surface area (TPSA) is 71.1 Å². The maximum Gasteiger partial charge on any atom is 0.508 e. The van der Waals surface area contributed by atoms with E-state index in [0.717, 1.165) is 0 Å². The number of hydrogen-bond acceptors (Lipinski definition) is 6. The van der Waals surface area contributed by atoms with Gasteiger partial charge in [-0.2, -0.15) is 0 Å². The predicted octanol–water partition coefficient (Wildman–Crippen LogP) is 4.55. The average molecular weight is 332 g/mol. The molecule has 2 atom stereocenters. The maximum absolute atomic E-state index is 11.8. The molecule has 0 amide bonds. The molecule has 0 heterocycles. The third kappa shape index (κ3) is 10.0. The molecule has 23 heavy (non-hydrogen) atoms. The molecule has 0 aliphatic heterocycles. The molecule has 0 aliphatic rings. The Morgan fingerprint density at radius 3 is 1.48 bits per heavy atom. The Balaban J connectivity index is 5.02. The largest absolute Gasteiger partial charge is 0.508 e. The number of ether oxygens (including phenoxy) is 4. The second-order valence-electron chi connectivity index (χ2n) is 6.95. The van der Waals surface area contributed by atoms with E-state index >= 15 is 0 Å². The molecule has 0 bridgehead atoms. The molecule has 6 nitrogen and oxygen atoms in total. The van der Waals surface area contributed by atoms with Gasteiger partial charge in [0.15, 0.2) is 0 Å². The highest BCUT2D eigenvalue weighted by Gasteiger charge is 2.33. The van der Waals surface area contributed by atoms with Crippen molar-refractivity contribution in [3.05, 3.63) is 0 Å². The van der Waals surface area contributed by atoms with Crippen LogP contribution in [0.3, 0.4) is 0 Å². The highest BCUT2D eigenvalue weighted by atomic mass is 16.8. The smallest absolute Gasteiger partial charge is 0.432 e. The fourth-order valence-corrected chi connectivity index (χ4v) is 2.03. The number of carbonyl (C=O) groups is 2. The van der Waals surface area contributed by atoms with Gasteiger partial charge < -0.3 is 18.9 Å². The van der Waals surface area contributed by atoms with Crippen molar-refractivity contribution in [2.24, 2.45) is 11.8 Å². The number of rotatable bonds is 8. The minimum atomic E-state index is -0.756. The van der Waals surface area contributed by atoms with Gasteiger partial charge in [0.1, 0.15) is 12.2 Å². The summed E-state index contributed by atoms with van der Waals surface area (Å²) in [6.07, 6.45) is -2.67. The molecule has 136 valence electrons. The van der Waals surface area contributed by atoms with Gasteiger partial charge in [0.2, 0.25) is 0 Å². The summed E-state index contributed by atoms with van der Waals surface area (Å²) >= 11 is 0. The molecule has 0 aliphatic carbocycles. The van der Waals surface area contributed by atoms with Crippen LogP contribution in [0.2, 0.25) is 0 Å². The maximum atomic E-state index is 11.8. The molecule has 0 aromatic heterocycles. The van der Waals surface area contributed by atoms with Gasteiger partial charge in [-0.15, -0.1) is 0 Å². The van der Waals surface area contributed by atoms with E-state index in [4.69, 9.17) is 18.9 Å². The Morgan fingerprint density at radius 2 is 1.13 bits per heavy atom. The molecule has 0 saturated heterocycles. The Labute approximate surface area is 139 Å². The lowest BCUT2D eigenvalue weighted by atomic mass is 9.94. The molecule has 6 heteroatoms. The monoisotopic (exact) mass is 332 g/mol. The van der Waals surface area contributed by atoms with Gasteiger partial charge in [-0.25, -0.2) is 9.59 Å². The lowest BCUT2D eigenvalue weighted by Crippen LogP contribution is -2.40. The van der Waals surface area contributed by atoms with E-state index in [2.05, 4.69) is 0 Å². The van der Waals surface area contributed by atoms with Gasteiger partial charge in [0, 0.05) is 0 Å². The Bertz CT molecular complexity index is 362. The standard InChI is InChI=1S/C17H32O6/c1-10(2)9-14(22-16(18)20-12(5)6)15(11(3)4)23-17(19)21-13(7)8/h10-15H,9H2,1-8H3. The van der Waals surface area contributed by atoms with Crippen molar-refractivity contribution in [1.29, 1.82) is 0 Å². The molecular weight excluding hydrogens is 300 g/mol. The molecule has 2 unspecified atom stereocenters. The minimum absolute atomic E-state index is 0.0367. The lowest BCUT2D eigenvalue weighted by molar-refractivity contribution is -0.0842. The van der Waals surface area contributed by atoms with Gasteiger partial charge >= 0.3 is 12.3 Å². The van der Waals surface area contributed by atoms with Crippen molar-refractivity contribution in [2.45, 2.75) is 86.2 Å². The highest BCUT2D eigenvalue weighted by Crippen LogP contribution is 2.22. The molecule has 0 fully saturated rings. The van der Waals surface area contributed by atoms with Crippen molar-refractivity contribution in [3.8, 4) is 0 Å². The molecule has 0 rings (SSSR count). The summed E-state index contributed by atoms with van der Waals surface area (Å²) in [4.78, 5) is 23.6. The van der Waals surface area contributed by atoms with Crippen LogP contribution >= 0.6 is 0 Å². The van der Waals surface area contributed by atoms with E-state index in [-0.39, 0.29) is 24.0 Å². The van der Waals surface area contributed by atoms with E-state index in [0.29, 0.717) is 6.42 Å². The zero-order valence-electron chi connectivity index (χ0n) is 15.6. The quantitative estimate of drug-likeness (QED) is 0.607. The van der Waals surface area contributed by atoms with Crippen LogP contribution in [0.4, 0.5) is 9.59 Å². The third-order valence-electron chi connectivity index (χ3n) is 2.87. The molecule has 0 saturated carbocycles. The zero-order chi connectivity index (χ0) is 18.2. The number of hydrogen-bond donors (Lipinski definition) is 0. The fraction of sp³-hybridized carbons (Fsp3) is 0.882. The predicted molar refractivity (Wildman–Crippen MR) is 87.3 cm³/mol. The normalized spacial score (nSPS) is 14.1. The first-order valence-electron chi connectivity index (χ1n) is 8.27. The molecule has 0 aromatic carbocycles. The van der Waals surface area contributed by atoms with E-state index in [1.54, 1.807) is 27.7 Å². The van der Waals surface area contributed by atoms with Crippen molar-refractivity contribution >= 4 is 12.3 Å². The Morgan fingerprint density at radius 1 is 0.696 bits per heavy atom. The van der Waals surface area contributed by atoms with Crippen molar-refractivity contribution in [2.75, 3.05) is 0 Å². The van der Waals surface area contributed by atoms with Crippen LogP contribution in [-0.4, -0.2) is 36.7 Å². The average Bonchev–Trinajstić information content (AvgIpc) is 2.32. The second-order valence-corrected chi connectivity index (χ2v) is 6.95. The van der Waals surface area contributed by atoms with E-state index < -0.39 is 24.5 Å². The van der Waals surface area contributed by atoms with Crippen LogP contribution < -0.4 is 0 Å². The Kier molecular flexibility index (Phi) is 9.68. The third-order valence-corrected chi connectivity index (χ3v) is 2.87. The van der Waals surface area contributed by atoms with Gasteiger partial charge in [-0.05, 0) is 46.0 Å². The van der Waals surface area contributed by atoms with E-state index in [1.807, 2.05) is 27.7 Å².